The molecule has 20 heavy (non-hydrogen) atoms. The summed E-state index contributed by atoms with van der Waals surface area (Å²) in [6.45, 7) is 3.78. The summed E-state index contributed by atoms with van der Waals surface area (Å²) in [5.74, 6) is 0.841. The SMILES string of the molecule is COc1ccc2c(c1)C1(CC(C)(C)O2)NC(=O)NC1=O. The highest BCUT2D eigenvalue weighted by atomic mass is 16.5. The lowest BCUT2D eigenvalue weighted by molar-refractivity contribution is -0.127. The second kappa shape index (κ2) is 3.88. The van der Waals surface area contributed by atoms with Crippen molar-refractivity contribution < 1.29 is 19.1 Å². The Hall–Kier alpha value is -2.24. The van der Waals surface area contributed by atoms with Gasteiger partial charge in [0.2, 0.25) is 0 Å². The monoisotopic (exact) mass is 276 g/mol. The first kappa shape index (κ1) is 12.8. The predicted molar refractivity (Wildman–Crippen MR) is 70.7 cm³/mol. The van der Waals surface area contributed by atoms with Gasteiger partial charge in [0.25, 0.3) is 5.91 Å². The number of imide groups is 1. The summed E-state index contributed by atoms with van der Waals surface area (Å²) in [5, 5.41) is 5.06. The molecule has 3 rings (SSSR count). The van der Waals surface area contributed by atoms with Crippen molar-refractivity contribution in [3.63, 3.8) is 0 Å². The molecule has 0 radical (unpaired) electrons. The Morgan fingerprint density at radius 1 is 1.30 bits per heavy atom. The molecule has 3 amide bonds. The lowest BCUT2D eigenvalue weighted by Gasteiger charge is -2.42. The fourth-order valence-electron chi connectivity index (χ4n) is 2.93. The number of carbonyl (C=O) groups is 2. The van der Waals surface area contributed by atoms with Gasteiger partial charge in [-0.25, -0.2) is 4.79 Å². The summed E-state index contributed by atoms with van der Waals surface area (Å²) in [5.41, 5.74) is -1.03. The number of amides is 3. The second-order valence-corrected chi connectivity index (χ2v) is 5.71. The Morgan fingerprint density at radius 2 is 2.05 bits per heavy atom. The van der Waals surface area contributed by atoms with E-state index in [1.54, 1.807) is 25.3 Å². The van der Waals surface area contributed by atoms with Gasteiger partial charge in [-0.15, -0.1) is 0 Å². The average molecular weight is 276 g/mol. The smallest absolute Gasteiger partial charge is 0.322 e. The van der Waals surface area contributed by atoms with Gasteiger partial charge in [-0.1, -0.05) is 0 Å². The lowest BCUT2D eigenvalue weighted by Crippen LogP contribution is -2.53. The van der Waals surface area contributed by atoms with Gasteiger partial charge >= 0.3 is 6.03 Å². The molecule has 1 aromatic carbocycles. The maximum atomic E-state index is 12.3. The van der Waals surface area contributed by atoms with Gasteiger partial charge in [0.15, 0.2) is 5.54 Å². The van der Waals surface area contributed by atoms with E-state index in [2.05, 4.69) is 10.6 Å². The van der Waals surface area contributed by atoms with E-state index in [0.717, 1.165) is 0 Å². The van der Waals surface area contributed by atoms with Crippen LogP contribution in [0.5, 0.6) is 11.5 Å². The number of rotatable bonds is 1. The van der Waals surface area contributed by atoms with Crippen molar-refractivity contribution in [3.8, 4) is 11.5 Å². The molecule has 2 heterocycles. The highest BCUT2D eigenvalue weighted by Crippen LogP contribution is 2.46. The molecule has 2 aliphatic heterocycles. The third kappa shape index (κ3) is 1.71. The van der Waals surface area contributed by atoms with Crippen LogP contribution in [0.3, 0.4) is 0 Å². The van der Waals surface area contributed by atoms with Crippen molar-refractivity contribution in [2.45, 2.75) is 31.4 Å². The molecular weight excluding hydrogens is 260 g/mol. The molecule has 0 aromatic heterocycles. The Balaban J connectivity index is 2.21. The molecule has 1 aromatic rings. The molecule has 2 aliphatic rings. The van der Waals surface area contributed by atoms with E-state index in [-0.39, 0.29) is 5.91 Å². The summed E-state index contributed by atoms with van der Waals surface area (Å²) in [4.78, 5) is 23.9. The van der Waals surface area contributed by atoms with Gasteiger partial charge in [0.1, 0.15) is 17.1 Å². The van der Waals surface area contributed by atoms with E-state index in [0.29, 0.717) is 23.5 Å². The van der Waals surface area contributed by atoms with Crippen LogP contribution < -0.4 is 20.1 Å². The van der Waals surface area contributed by atoms with Crippen molar-refractivity contribution in [2.75, 3.05) is 7.11 Å². The van der Waals surface area contributed by atoms with Crippen LogP contribution in [0.25, 0.3) is 0 Å². The Morgan fingerprint density at radius 3 is 2.65 bits per heavy atom. The van der Waals surface area contributed by atoms with E-state index in [4.69, 9.17) is 9.47 Å². The van der Waals surface area contributed by atoms with E-state index in [1.807, 2.05) is 13.8 Å². The first-order valence-electron chi connectivity index (χ1n) is 6.37. The fraction of sp³-hybridized carbons (Fsp3) is 0.429. The Labute approximate surface area is 116 Å². The molecule has 0 saturated carbocycles. The summed E-state index contributed by atoms with van der Waals surface area (Å²) in [7, 11) is 1.55. The predicted octanol–water partition coefficient (Wildman–Crippen LogP) is 1.29. The van der Waals surface area contributed by atoms with Crippen LogP contribution in [0.1, 0.15) is 25.8 Å². The van der Waals surface area contributed by atoms with Crippen molar-refractivity contribution in [1.29, 1.82) is 0 Å². The largest absolute Gasteiger partial charge is 0.497 e. The third-order valence-corrected chi connectivity index (χ3v) is 3.67. The minimum Gasteiger partial charge on any atom is -0.497 e. The van der Waals surface area contributed by atoms with Crippen molar-refractivity contribution in [3.05, 3.63) is 23.8 Å². The van der Waals surface area contributed by atoms with Gasteiger partial charge < -0.3 is 14.8 Å². The molecular formula is C14H16N2O4. The van der Waals surface area contributed by atoms with Crippen LogP contribution in [0, 0.1) is 0 Å². The topological polar surface area (TPSA) is 76.7 Å². The van der Waals surface area contributed by atoms with Crippen molar-refractivity contribution in [1.82, 2.24) is 10.6 Å². The number of hydrogen-bond donors (Lipinski definition) is 2. The van der Waals surface area contributed by atoms with Crippen LogP contribution in [-0.4, -0.2) is 24.6 Å². The molecule has 0 bridgehead atoms. The first-order chi connectivity index (χ1) is 9.36. The van der Waals surface area contributed by atoms with E-state index >= 15 is 0 Å². The van der Waals surface area contributed by atoms with Crippen molar-refractivity contribution >= 4 is 11.9 Å². The van der Waals surface area contributed by atoms with Gasteiger partial charge in [0, 0.05) is 12.0 Å². The van der Waals surface area contributed by atoms with Gasteiger partial charge in [-0.05, 0) is 32.0 Å². The van der Waals surface area contributed by atoms with E-state index in [9.17, 15) is 9.59 Å². The number of ether oxygens (including phenoxy) is 2. The number of carbonyl (C=O) groups excluding carboxylic acids is 2. The maximum absolute atomic E-state index is 12.3. The Kier molecular flexibility index (Phi) is 2.48. The zero-order valence-electron chi connectivity index (χ0n) is 11.6. The molecule has 1 spiro atoms. The maximum Gasteiger partial charge on any atom is 0.322 e. The zero-order valence-corrected chi connectivity index (χ0v) is 11.6. The number of nitrogens with one attached hydrogen (secondary N) is 2. The minimum atomic E-state index is -1.09. The molecule has 2 N–H and O–H groups in total. The summed E-state index contributed by atoms with van der Waals surface area (Å²) in [6.07, 6.45) is 0.359. The van der Waals surface area contributed by atoms with Crippen LogP contribution in [0.4, 0.5) is 4.79 Å². The normalized spacial score (nSPS) is 26.6. The van der Waals surface area contributed by atoms with Crippen molar-refractivity contribution in [2.24, 2.45) is 0 Å². The molecule has 0 aliphatic carbocycles. The standard InChI is InChI=1S/C14H16N2O4/c1-13(2)7-14(11(17)15-12(18)16-14)9-6-8(19-3)4-5-10(9)20-13/h4-6H,7H2,1-3H3,(H2,15,16,17,18). The third-order valence-electron chi connectivity index (χ3n) is 3.67. The minimum absolute atomic E-state index is 0.353. The quantitative estimate of drug-likeness (QED) is 0.758. The lowest BCUT2D eigenvalue weighted by atomic mass is 9.77. The Bertz CT molecular complexity index is 611. The summed E-state index contributed by atoms with van der Waals surface area (Å²) >= 11 is 0. The van der Waals surface area contributed by atoms with Crippen LogP contribution in [-0.2, 0) is 10.3 Å². The highest BCUT2D eigenvalue weighted by molar-refractivity contribution is 6.08. The molecule has 1 atom stereocenters. The van der Waals surface area contributed by atoms with Crippen LogP contribution in [0.15, 0.2) is 18.2 Å². The van der Waals surface area contributed by atoms with Gasteiger partial charge in [0.05, 0.1) is 7.11 Å². The number of hydrogen-bond acceptors (Lipinski definition) is 4. The molecule has 106 valence electrons. The van der Waals surface area contributed by atoms with Crippen LogP contribution in [0.2, 0.25) is 0 Å². The summed E-state index contributed by atoms with van der Waals surface area (Å²) in [6, 6.07) is 4.77. The number of benzene rings is 1. The number of methoxy groups -OCH3 is 1. The highest BCUT2D eigenvalue weighted by Gasteiger charge is 2.55. The molecule has 6 heteroatoms. The molecule has 1 saturated heterocycles. The van der Waals surface area contributed by atoms with E-state index in [1.165, 1.54) is 0 Å². The van der Waals surface area contributed by atoms with Gasteiger partial charge in [-0.3, -0.25) is 10.1 Å². The fourth-order valence-corrected chi connectivity index (χ4v) is 2.93. The zero-order chi connectivity index (χ0) is 14.5. The first-order valence-corrected chi connectivity index (χ1v) is 6.37. The van der Waals surface area contributed by atoms with Crippen LogP contribution >= 0.6 is 0 Å². The molecule has 1 fully saturated rings. The molecule has 1 unspecified atom stereocenters. The average Bonchev–Trinajstić information content (AvgIpc) is 2.63. The number of urea groups is 1. The molecule has 6 nitrogen and oxygen atoms in total. The number of fused-ring (bicyclic) bond motifs is 2. The second-order valence-electron chi connectivity index (χ2n) is 5.71. The van der Waals surface area contributed by atoms with Gasteiger partial charge in [-0.2, -0.15) is 0 Å². The van der Waals surface area contributed by atoms with E-state index < -0.39 is 17.2 Å². The summed E-state index contributed by atoms with van der Waals surface area (Å²) < 4.78 is 11.1.